The third kappa shape index (κ3) is 1.75. The fourth-order valence-electron chi connectivity index (χ4n) is 0.873. The highest BCUT2D eigenvalue weighted by Crippen LogP contribution is 2.39. The third-order valence-corrected chi connectivity index (χ3v) is 3.33. The van der Waals surface area contributed by atoms with Crippen molar-refractivity contribution in [2.45, 2.75) is 0 Å². The summed E-state index contributed by atoms with van der Waals surface area (Å²) in [6.07, 6.45) is 0.855. The number of rotatable bonds is 2. The van der Waals surface area contributed by atoms with Crippen molar-refractivity contribution in [2.24, 2.45) is 0 Å². The van der Waals surface area contributed by atoms with Crippen molar-refractivity contribution >= 4 is 59.0 Å². The Morgan fingerprint density at radius 2 is 0.857 bits per heavy atom. The zero-order chi connectivity index (χ0) is 10.9. The van der Waals surface area contributed by atoms with Gasteiger partial charge in [-0.15, -0.1) is 0 Å². The molecule has 0 unspecified atom stereocenters. The minimum atomic E-state index is -0.0711. The Kier molecular flexibility index (Phi) is 3.78. The van der Waals surface area contributed by atoms with E-state index in [0.29, 0.717) is 12.6 Å². The molecule has 0 amide bonds. The SMILES string of the molecule is O=Cc1c(Cl)c(Cl)c(C=O)c(Cl)c1Cl. The van der Waals surface area contributed by atoms with Crippen molar-refractivity contribution in [3.8, 4) is 0 Å². The average Bonchev–Trinajstić information content (AvgIpc) is 2.17. The number of hydrogen-bond donors (Lipinski definition) is 0. The molecule has 0 aliphatic heterocycles. The maximum absolute atomic E-state index is 10.6. The molecule has 0 spiro atoms. The Morgan fingerprint density at radius 3 is 1.00 bits per heavy atom. The number of aldehydes is 2. The van der Waals surface area contributed by atoms with Crippen LogP contribution in [0, 0.1) is 0 Å². The normalized spacial score (nSPS) is 10.0. The van der Waals surface area contributed by atoms with E-state index >= 15 is 0 Å². The second kappa shape index (κ2) is 4.49. The summed E-state index contributed by atoms with van der Waals surface area (Å²) in [6.45, 7) is 0. The first-order valence-corrected chi connectivity index (χ1v) is 4.82. The van der Waals surface area contributed by atoms with Gasteiger partial charge in [-0.1, -0.05) is 46.4 Å². The zero-order valence-corrected chi connectivity index (χ0v) is 9.51. The van der Waals surface area contributed by atoms with Crippen LogP contribution < -0.4 is 0 Å². The van der Waals surface area contributed by atoms with Crippen molar-refractivity contribution < 1.29 is 9.59 Å². The number of hydrogen-bond acceptors (Lipinski definition) is 2. The van der Waals surface area contributed by atoms with Gasteiger partial charge in [-0.25, -0.2) is 0 Å². The van der Waals surface area contributed by atoms with Crippen LogP contribution in [0.3, 0.4) is 0 Å². The van der Waals surface area contributed by atoms with E-state index in [4.69, 9.17) is 46.4 Å². The van der Waals surface area contributed by atoms with Gasteiger partial charge in [0.25, 0.3) is 0 Å². The molecule has 74 valence electrons. The van der Waals surface area contributed by atoms with Crippen molar-refractivity contribution in [2.75, 3.05) is 0 Å². The Bertz CT molecular complexity index is 346. The zero-order valence-electron chi connectivity index (χ0n) is 6.48. The molecule has 0 saturated carbocycles. The molecule has 0 fully saturated rings. The highest BCUT2D eigenvalue weighted by Gasteiger charge is 2.19. The van der Waals surface area contributed by atoms with E-state index in [9.17, 15) is 9.59 Å². The smallest absolute Gasteiger partial charge is 0.153 e. The Morgan fingerprint density at radius 1 is 0.643 bits per heavy atom. The van der Waals surface area contributed by atoms with Crippen LogP contribution in [0.4, 0.5) is 0 Å². The van der Waals surface area contributed by atoms with Gasteiger partial charge in [-0.2, -0.15) is 0 Å². The fourth-order valence-corrected chi connectivity index (χ4v) is 1.93. The molecular formula is C8H2Cl4O2. The largest absolute Gasteiger partial charge is 0.298 e. The number of carbonyl (C=O) groups is 2. The Hall–Kier alpha value is -0.280. The molecule has 0 N–H and O–H groups in total. The lowest BCUT2D eigenvalue weighted by Gasteiger charge is -2.07. The number of halogens is 4. The topological polar surface area (TPSA) is 34.1 Å². The summed E-state index contributed by atoms with van der Waals surface area (Å²) >= 11 is 22.8. The fraction of sp³-hybridized carbons (Fsp3) is 0. The van der Waals surface area contributed by atoms with Gasteiger partial charge in [-0.05, 0) is 0 Å². The molecule has 0 radical (unpaired) electrons. The van der Waals surface area contributed by atoms with Crippen molar-refractivity contribution in [3.63, 3.8) is 0 Å². The van der Waals surface area contributed by atoms with Crippen LogP contribution >= 0.6 is 46.4 Å². The number of benzene rings is 1. The maximum atomic E-state index is 10.6. The highest BCUT2D eigenvalue weighted by molar-refractivity contribution is 6.51. The summed E-state index contributed by atoms with van der Waals surface area (Å²) in [7, 11) is 0. The van der Waals surface area contributed by atoms with Crippen LogP contribution in [0.5, 0.6) is 0 Å². The molecule has 0 aliphatic rings. The summed E-state index contributed by atoms with van der Waals surface area (Å²) < 4.78 is 0. The van der Waals surface area contributed by atoms with Crippen LogP contribution in [0.15, 0.2) is 0 Å². The van der Waals surface area contributed by atoms with Gasteiger partial charge in [0.05, 0.1) is 31.2 Å². The van der Waals surface area contributed by atoms with Gasteiger partial charge in [0.2, 0.25) is 0 Å². The molecule has 1 aromatic rings. The van der Waals surface area contributed by atoms with Crippen LogP contribution in [-0.4, -0.2) is 12.6 Å². The molecule has 0 saturated heterocycles. The molecule has 6 heteroatoms. The summed E-state index contributed by atoms with van der Waals surface area (Å²) in [5, 5.41) is -0.285. The van der Waals surface area contributed by atoms with E-state index in [1.54, 1.807) is 0 Å². The van der Waals surface area contributed by atoms with E-state index in [0.717, 1.165) is 0 Å². The van der Waals surface area contributed by atoms with Crippen molar-refractivity contribution in [1.29, 1.82) is 0 Å². The Balaban J connectivity index is 3.71. The third-order valence-electron chi connectivity index (χ3n) is 1.57. The van der Waals surface area contributed by atoms with E-state index in [2.05, 4.69) is 0 Å². The predicted molar refractivity (Wildman–Crippen MR) is 57.3 cm³/mol. The lowest BCUT2D eigenvalue weighted by molar-refractivity contribution is 0.111. The summed E-state index contributed by atoms with van der Waals surface area (Å²) in [6, 6.07) is 0. The average molecular weight is 272 g/mol. The molecule has 0 bridgehead atoms. The Labute approximate surface area is 99.7 Å². The molecule has 0 aromatic heterocycles. The summed E-state index contributed by atoms with van der Waals surface area (Å²) in [5.41, 5.74) is -0.0390. The van der Waals surface area contributed by atoms with E-state index in [-0.39, 0.29) is 31.2 Å². The molecule has 0 heterocycles. The van der Waals surface area contributed by atoms with Gasteiger partial charge in [-0.3, -0.25) is 9.59 Å². The first-order chi connectivity index (χ1) is 6.54. The van der Waals surface area contributed by atoms with Gasteiger partial charge in [0.1, 0.15) is 0 Å². The van der Waals surface area contributed by atoms with Gasteiger partial charge < -0.3 is 0 Å². The molecule has 1 aromatic carbocycles. The van der Waals surface area contributed by atoms with Crippen molar-refractivity contribution in [1.82, 2.24) is 0 Å². The van der Waals surface area contributed by atoms with Crippen LogP contribution in [0.1, 0.15) is 20.7 Å². The molecular weight excluding hydrogens is 270 g/mol. The van der Waals surface area contributed by atoms with Crippen LogP contribution in [0.25, 0.3) is 0 Å². The monoisotopic (exact) mass is 270 g/mol. The minimum absolute atomic E-state index is 0.0195. The second-order valence-electron chi connectivity index (χ2n) is 2.32. The molecule has 14 heavy (non-hydrogen) atoms. The molecule has 0 aliphatic carbocycles. The van der Waals surface area contributed by atoms with Crippen LogP contribution in [-0.2, 0) is 0 Å². The first kappa shape index (κ1) is 11.8. The summed E-state index contributed by atoms with van der Waals surface area (Å²) in [5.74, 6) is 0. The number of carbonyl (C=O) groups excluding carboxylic acids is 2. The first-order valence-electron chi connectivity index (χ1n) is 3.30. The van der Waals surface area contributed by atoms with E-state index in [1.807, 2.05) is 0 Å². The van der Waals surface area contributed by atoms with Gasteiger partial charge in [0, 0.05) is 0 Å². The van der Waals surface area contributed by atoms with E-state index in [1.165, 1.54) is 0 Å². The van der Waals surface area contributed by atoms with Gasteiger partial charge in [0.15, 0.2) is 12.6 Å². The standard InChI is InChI=1S/C8H2Cl4O2/c9-5-3(1-13)6(10)8(12)4(2-14)7(5)11/h1-2H. The molecule has 0 atom stereocenters. The molecule has 2 nitrogen and oxygen atoms in total. The highest BCUT2D eigenvalue weighted by atomic mass is 35.5. The van der Waals surface area contributed by atoms with Crippen LogP contribution in [0.2, 0.25) is 20.1 Å². The summed E-state index contributed by atoms with van der Waals surface area (Å²) in [4.78, 5) is 21.2. The quantitative estimate of drug-likeness (QED) is 0.603. The predicted octanol–water partition coefficient (Wildman–Crippen LogP) is 3.93. The second-order valence-corrected chi connectivity index (χ2v) is 3.83. The lowest BCUT2D eigenvalue weighted by atomic mass is 10.1. The minimum Gasteiger partial charge on any atom is -0.298 e. The van der Waals surface area contributed by atoms with Crippen molar-refractivity contribution in [3.05, 3.63) is 31.2 Å². The van der Waals surface area contributed by atoms with Gasteiger partial charge >= 0.3 is 0 Å². The molecule has 1 rings (SSSR count). The van der Waals surface area contributed by atoms with E-state index < -0.39 is 0 Å². The maximum Gasteiger partial charge on any atom is 0.153 e. The lowest BCUT2D eigenvalue weighted by Crippen LogP contribution is -1.93.